The van der Waals surface area contributed by atoms with Gasteiger partial charge in [-0.2, -0.15) is 0 Å². The summed E-state index contributed by atoms with van der Waals surface area (Å²) in [7, 11) is 0. The summed E-state index contributed by atoms with van der Waals surface area (Å²) in [5.74, 6) is 0. The predicted octanol–water partition coefficient (Wildman–Crippen LogP) is -1.60. The second-order valence-corrected chi connectivity index (χ2v) is 0. The molecule has 0 aliphatic carbocycles. The Morgan fingerprint density at radius 1 is 0.333 bits per heavy atom. The summed E-state index contributed by atoms with van der Waals surface area (Å²) in [5.41, 5.74) is 0. The van der Waals surface area contributed by atoms with E-state index >= 15 is 0 Å². The van der Waals surface area contributed by atoms with Crippen LogP contribution in [0.4, 0.5) is 0 Å². The van der Waals surface area contributed by atoms with Crippen molar-refractivity contribution in [1.82, 2.24) is 0 Å². The molecule has 0 rings (SSSR count). The van der Waals surface area contributed by atoms with E-state index in [1.165, 1.54) is 0 Å². The number of hydrogen-bond acceptors (Lipinski definition) is 9. The van der Waals surface area contributed by atoms with Crippen molar-refractivity contribution in [2.45, 2.75) is 0 Å². The van der Waals surface area contributed by atoms with Gasteiger partial charge >= 0.3 is 33.6 Å². The number of rotatable bonds is 0. The number of hydrogen-bond donors (Lipinski definition) is 0. The first kappa shape index (κ1) is 1290. The van der Waals surface area contributed by atoms with Crippen molar-refractivity contribution in [3.8, 4) is 0 Å². The third-order valence-corrected chi connectivity index (χ3v) is 0. The Hall–Kier alpha value is 1.24. The van der Waals surface area contributed by atoms with Crippen molar-refractivity contribution in [1.29, 1.82) is 0 Å². The van der Waals surface area contributed by atoms with E-state index in [1.54, 1.807) is 0 Å². The first-order valence-electron chi connectivity index (χ1n) is 0. The maximum Gasteiger partial charge on any atom is 2.00 e. The summed E-state index contributed by atoms with van der Waals surface area (Å²) in [6, 6.07) is 0. The van der Waals surface area contributed by atoms with Crippen LogP contribution in [0.25, 0.3) is 0 Å². The molecular weight excluding hydrogens is 309 g/mol. The molecule has 0 aromatic carbocycles. The molecule has 0 aliphatic rings. The molecule has 1 radical (unpaired) electrons. The predicted molar refractivity (Wildman–Crippen MR) is 17.4 cm³/mol. The van der Waals surface area contributed by atoms with E-state index in [4.69, 9.17) is 0 Å². The van der Waals surface area contributed by atoms with Crippen LogP contribution < -0.4 is 0 Å². The average Bonchev–Trinajstić information content (AvgIpc) is 0. The van der Waals surface area contributed by atoms with E-state index in [2.05, 4.69) is 0 Å². The van der Waals surface area contributed by atoms with Gasteiger partial charge in [-0.1, -0.05) is 0 Å². The molecule has 0 saturated heterocycles. The van der Waals surface area contributed by atoms with Gasteiger partial charge in [0, 0.05) is 18.6 Å². The molecule has 0 aliphatic heterocycles. The van der Waals surface area contributed by atoms with Gasteiger partial charge in [0.2, 0.25) is 0 Å². The third kappa shape index (κ3) is 769. The van der Waals surface area contributed by atoms with Crippen molar-refractivity contribution in [2.75, 3.05) is 0 Å². The minimum absolute atomic E-state index is 0. The Labute approximate surface area is 101 Å². The van der Waals surface area contributed by atoms with Crippen LogP contribution in [-0.2, 0) is 52.1 Å². The largest absolute Gasteiger partial charge is 2.00 e. The van der Waals surface area contributed by atoms with Crippen molar-refractivity contribution in [3.63, 3.8) is 0 Å². The summed E-state index contributed by atoms with van der Waals surface area (Å²) in [6.45, 7) is 0. The van der Waals surface area contributed by atoms with Gasteiger partial charge < -0.3 is 49.3 Å². The molecule has 0 spiro atoms. The summed E-state index contributed by atoms with van der Waals surface area (Å²) in [4.78, 5) is 0. The molecule has 0 unspecified atom stereocenters. The Bertz CT molecular complexity index is 14.5. The Morgan fingerprint density at radius 2 is 0.333 bits per heavy atom. The molecule has 0 amide bonds. The fraction of sp³-hybridized carbons (Fsp3) is 0. The zero-order chi connectivity index (χ0) is 0. The maximum absolute atomic E-state index is 0. The van der Waals surface area contributed by atoms with Gasteiger partial charge in [0.1, 0.15) is 0 Å². The van der Waals surface area contributed by atoms with Crippen LogP contribution in [0.5, 0.6) is 0 Å². The Morgan fingerprint density at radius 3 is 0.333 bits per heavy atom. The summed E-state index contributed by atoms with van der Waals surface area (Å²) in [6.07, 6.45) is 0. The van der Waals surface area contributed by atoms with Crippen LogP contribution in [0.15, 0.2) is 0 Å². The van der Waals surface area contributed by atoms with Crippen molar-refractivity contribution in [2.24, 2.45) is 0 Å². The van der Waals surface area contributed by atoms with E-state index in [1.807, 2.05) is 0 Å². The van der Waals surface area contributed by atoms with Crippen LogP contribution in [0.1, 0.15) is 0 Å². The molecule has 0 heterocycles. The van der Waals surface area contributed by atoms with Crippen LogP contribution in [0.3, 0.4) is 0 Å². The molecule has 9 nitrogen and oxygen atoms in total. The summed E-state index contributed by atoms with van der Waals surface area (Å²) < 4.78 is 0. The summed E-state index contributed by atoms with van der Waals surface area (Å²) in [5, 5.41) is 0. The smallest absolute Gasteiger partial charge is 0.870 e. The van der Waals surface area contributed by atoms with Gasteiger partial charge in [-0.3, -0.25) is 0 Å². The molecule has 12 heavy (non-hydrogen) atoms. The van der Waals surface area contributed by atoms with Gasteiger partial charge in [-0.05, 0) is 0 Å². The molecule has 0 atom stereocenters. The minimum atomic E-state index is 0. The first-order chi connectivity index (χ1) is 0. The monoisotopic (exact) mass is 318 g/mol. The topological polar surface area (TPSA) is 270 Å². The fourth-order valence-electron chi connectivity index (χ4n) is 0. The molecule has 9 N–H and O–H groups in total. The molecule has 0 fully saturated rings. The van der Waals surface area contributed by atoms with Crippen molar-refractivity contribution in [3.05, 3.63) is 0 Å². The van der Waals surface area contributed by atoms with Gasteiger partial charge in [0.05, 0.1) is 0 Å². The van der Waals surface area contributed by atoms with Crippen LogP contribution in [-0.4, -0.2) is 49.3 Å². The fourth-order valence-corrected chi connectivity index (χ4v) is 0. The first-order valence-corrected chi connectivity index (χ1v) is 0. The standard InChI is InChI=1S/Fe.Ni.9H2O.V/h;;9*1H2;/q2*+2;;;;;;;;;;/p-9. The molecule has 0 aromatic rings. The van der Waals surface area contributed by atoms with E-state index in [0.29, 0.717) is 0 Å². The molecule has 12 heteroatoms. The van der Waals surface area contributed by atoms with Crippen molar-refractivity contribution < 1.29 is 101 Å². The van der Waals surface area contributed by atoms with E-state index in [-0.39, 0.29) is 101 Å². The molecule has 0 bridgehead atoms. The van der Waals surface area contributed by atoms with Gasteiger partial charge in [0.15, 0.2) is 0 Å². The van der Waals surface area contributed by atoms with E-state index < -0.39 is 0 Å². The zero-order valence-electron chi connectivity index (χ0n) is 5.14. The Kier molecular flexibility index (Phi) is 109000. The summed E-state index contributed by atoms with van der Waals surface area (Å²) >= 11 is 0. The maximum atomic E-state index is 0. The minimum Gasteiger partial charge on any atom is -0.870 e. The molecule has 91 valence electrons. The van der Waals surface area contributed by atoms with Gasteiger partial charge in [0.25, 0.3) is 0 Å². The SMILES string of the molecule is [Fe+2].[Ni+2].[OH-].[OH-].[OH-].[OH-].[OH-].[OH-].[OH-].[OH-].[OH-].[V]. The third-order valence-electron chi connectivity index (χ3n) is 0. The zero-order valence-corrected chi connectivity index (χ0v) is 8.63. The second kappa shape index (κ2) is 1010. The van der Waals surface area contributed by atoms with Crippen LogP contribution >= 0.6 is 0 Å². The van der Waals surface area contributed by atoms with Crippen LogP contribution in [0, 0.1) is 0 Å². The van der Waals surface area contributed by atoms with E-state index in [9.17, 15) is 0 Å². The van der Waals surface area contributed by atoms with Crippen LogP contribution in [0.2, 0.25) is 0 Å². The molecule has 0 saturated carbocycles. The van der Waals surface area contributed by atoms with Gasteiger partial charge in [-0.15, -0.1) is 0 Å². The van der Waals surface area contributed by atoms with Crippen molar-refractivity contribution >= 4 is 0 Å². The average molecular weight is 319 g/mol. The Balaban J connectivity index is 0. The van der Waals surface area contributed by atoms with Gasteiger partial charge in [-0.25, -0.2) is 0 Å². The molecular formula is H9FeNiO9V-5. The normalized spacial score (nSPS) is 0. The quantitative estimate of drug-likeness (QED) is 0.464. The molecule has 0 aromatic heterocycles. The van der Waals surface area contributed by atoms with E-state index in [0.717, 1.165) is 0 Å². The second-order valence-electron chi connectivity index (χ2n) is 0.